The van der Waals surface area contributed by atoms with Gasteiger partial charge >= 0.3 is 0 Å². The van der Waals surface area contributed by atoms with Gasteiger partial charge in [-0.15, -0.1) is 11.3 Å². The van der Waals surface area contributed by atoms with Crippen molar-refractivity contribution in [2.45, 2.75) is 56.7 Å². The van der Waals surface area contributed by atoms with Crippen molar-refractivity contribution in [3.05, 3.63) is 22.4 Å². The van der Waals surface area contributed by atoms with Crippen LogP contribution in [0.3, 0.4) is 0 Å². The van der Waals surface area contributed by atoms with Gasteiger partial charge in [0.15, 0.2) is 0 Å². The van der Waals surface area contributed by atoms with Gasteiger partial charge in [-0.3, -0.25) is 4.90 Å². The summed E-state index contributed by atoms with van der Waals surface area (Å²) in [6.45, 7) is 2.98. The van der Waals surface area contributed by atoms with Crippen molar-refractivity contribution in [2.24, 2.45) is 5.73 Å². The fourth-order valence-electron chi connectivity index (χ4n) is 3.60. The highest BCUT2D eigenvalue weighted by atomic mass is 32.1. The number of thiophene rings is 1. The van der Waals surface area contributed by atoms with Crippen LogP contribution >= 0.6 is 11.3 Å². The Hall–Kier alpha value is -0.420. The first-order valence-electron chi connectivity index (χ1n) is 7.62. The molecule has 2 rings (SSSR count). The van der Waals surface area contributed by atoms with E-state index in [1.807, 2.05) is 18.4 Å². The van der Waals surface area contributed by atoms with E-state index in [0.29, 0.717) is 12.6 Å². The zero-order valence-corrected chi connectivity index (χ0v) is 13.8. The number of likely N-dealkylation sites (N-methyl/N-ethyl adjacent to an activating group) is 1. The second-order valence-corrected chi connectivity index (χ2v) is 7.05. The molecular formula is C16H28N2OS. The third-order valence-corrected chi connectivity index (χ3v) is 5.90. The lowest BCUT2D eigenvalue weighted by atomic mass is 9.77. The summed E-state index contributed by atoms with van der Waals surface area (Å²) in [7, 11) is 4.06. The molecule has 0 spiro atoms. The van der Waals surface area contributed by atoms with E-state index in [-0.39, 0.29) is 11.6 Å². The van der Waals surface area contributed by atoms with Crippen molar-refractivity contribution < 1.29 is 4.74 Å². The molecule has 1 aliphatic carbocycles. The average molecular weight is 296 g/mol. The first-order valence-corrected chi connectivity index (χ1v) is 8.50. The Morgan fingerprint density at radius 2 is 2.35 bits per heavy atom. The monoisotopic (exact) mass is 296 g/mol. The predicted molar refractivity (Wildman–Crippen MR) is 86.3 cm³/mol. The molecule has 1 saturated carbocycles. The lowest BCUT2D eigenvalue weighted by Crippen LogP contribution is -2.64. The molecule has 0 bridgehead atoms. The summed E-state index contributed by atoms with van der Waals surface area (Å²) in [6.07, 6.45) is 6.14. The molecule has 1 aliphatic rings. The van der Waals surface area contributed by atoms with Crippen LogP contribution in [0.2, 0.25) is 0 Å². The molecule has 4 heteroatoms. The van der Waals surface area contributed by atoms with E-state index in [2.05, 4.69) is 36.4 Å². The molecule has 1 heterocycles. The Morgan fingerprint density at radius 1 is 1.55 bits per heavy atom. The Bertz CT molecular complexity index is 395. The van der Waals surface area contributed by atoms with Crippen molar-refractivity contribution in [2.75, 3.05) is 20.7 Å². The fraction of sp³-hybridized carbons (Fsp3) is 0.750. The van der Waals surface area contributed by atoms with Gasteiger partial charge in [-0.1, -0.05) is 18.9 Å². The topological polar surface area (TPSA) is 38.5 Å². The highest BCUT2D eigenvalue weighted by molar-refractivity contribution is 7.09. The molecule has 2 N–H and O–H groups in total. The summed E-state index contributed by atoms with van der Waals surface area (Å²) in [5.74, 6) is 0. The first-order chi connectivity index (χ1) is 9.64. The molecule has 0 amide bonds. The number of nitrogens with zero attached hydrogens (tertiary/aromatic N) is 1. The van der Waals surface area contributed by atoms with Crippen LogP contribution in [-0.4, -0.2) is 43.3 Å². The van der Waals surface area contributed by atoms with Crippen molar-refractivity contribution in [3.8, 4) is 0 Å². The Balaban J connectivity index is 2.12. The first kappa shape index (κ1) is 16.0. The quantitative estimate of drug-likeness (QED) is 0.877. The van der Waals surface area contributed by atoms with Crippen LogP contribution in [0.1, 0.15) is 37.5 Å². The average Bonchev–Trinajstić information content (AvgIpc) is 2.99. The highest BCUT2D eigenvalue weighted by Crippen LogP contribution is 2.36. The maximum atomic E-state index is 6.20. The van der Waals surface area contributed by atoms with Crippen LogP contribution < -0.4 is 5.73 Å². The molecule has 0 aromatic carbocycles. The van der Waals surface area contributed by atoms with Gasteiger partial charge in [-0.05, 0) is 44.7 Å². The minimum absolute atomic E-state index is 0.00365. The number of hydrogen-bond donors (Lipinski definition) is 1. The van der Waals surface area contributed by atoms with E-state index in [1.54, 1.807) is 0 Å². The number of ether oxygens (including phenoxy) is 1. The molecule has 20 heavy (non-hydrogen) atoms. The summed E-state index contributed by atoms with van der Waals surface area (Å²) >= 11 is 1.84. The maximum absolute atomic E-state index is 6.20. The van der Waals surface area contributed by atoms with Crippen LogP contribution in [0.4, 0.5) is 0 Å². The number of hydrogen-bond acceptors (Lipinski definition) is 4. The van der Waals surface area contributed by atoms with E-state index >= 15 is 0 Å². The largest absolute Gasteiger partial charge is 0.379 e. The molecule has 1 fully saturated rings. The molecule has 1 aromatic heterocycles. The van der Waals surface area contributed by atoms with Gasteiger partial charge in [-0.2, -0.15) is 0 Å². The molecule has 0 saturated heterocycles. The summed E-state index contributed by atoms with van der Waals surface area (Å²) in [6, 6.07) is 4.83. The lowest BCUT2D eigenvalue weighted by Gasteiger charge is -2.51. The minimum atomic E-state index is 0.00365. The molecule has 3 atom stereocenters. The third kappa shape index (κ3) is 3.08. The summed E-state index contributed by atoms with van der Waals surface area (Å²) in [4.78, 5) is 3.93. The molecule has 1 aromatic rings. The normalized spacial score (nSPS) is 28.8. The zero-order valence-electron chi connectivity index (χ0n) is 13.0. The van der Waals surface area contributed by atoms with Gasteiger partial charge in [0.05, 0.1) is 11.6 Å². The SMILES string of the molecule is COC1CCCCC1(CN)N(C)C(C)Cc1cccs1. The maximum Gasteiger partial charge on any atom is 0.0767 e. The smallest absolute Gasteiger partial charge is 0.0767 e. The molecular weight excluding hydrogens is 268 g/mol. The van der Waals surface area contributed by atoms with Crippen molar-refractivity contribution in [1.82, 2.24) is 4.90 Å². The minimum Gasteiger partial charge on any atom is -0.379 e. The van der Waals surface area contributed by atoms with Crippen molar-refractivity contribution in [3.63, 3.8) is 0 Å². The fourth-order valence-corrected chi connectivity index (χ4v) is 4.43. The van der Waals surface area contributed by atoms with Crippen LogP contribution in [-0.2, 0) is 11.2 Å². The van der Waals surface area contributed by atoms with Crippen LogP contribution in [0.25, 0.3) is 0 Å². The van der Waals surface area contributed by atoms with Crippen LogP contribution in [0.5, 0.6) is 0 Å². The standard InChI is InChI=1S/C16H28N2OS/c1-13(11-14-7-6-10-20-14)18(2)16(12-17)9-5-4-8-15(16)19-3/h6-7,10,13,15H,4-5,8-9,11-12,17H2,1-3H3. The van der Waals surface area contributed by atoms with Gasteiger partial charge in [0, 0.05) is 24.6 Å². The Labute approximate surface area is 127 Å². The summed E-state index contributed by atoms with van der Waals surface area (Å²) in [5.41, 5.74) is 6.20. The number of nitrogens with two attached hydrogens (primary N) is 1. The number of methoxy groups -OCH3 is 1. The molecule has 3 unspecified atom stereocenters. The summed E-state index contributed by atoms with van der Waals surface area (Å²) in [5, 5.41) is 2.15. The van der Waals surface area contributed by atoms with Gasteiger partial charge < -0.3 is 10.5 Å². The van der Waals surface area contributed by atoms with Gasteiger partial charge in [0.1, 0.15) is 0 Å². The number of rotatable bonds is 6. The second-order valence-electron chi connectivity index (χ2n) is 6.02. The molecule has 114 valence electrons. The van der Waals surface area contributed by atoms with Gasteiger partial charge in [0.2, 0.25) is 0 Å². The van der Waals surface area contributed by atoms with E-state index in [1.165, 1.54) is 17.7 Å². The highest BCUT2D eigenvalue weighted by Gasteiger charge is 2.44. The van der Waals surface area contributed by atoms with E-state index in [9.17, 15) is 0 Å². The van der Waals surface area contributed by atoms with Crippen LogP contribution in [0, 0.1) is 0 Å². The van der Waals surface area contributed by atoms with E-state index in [0.717, 1.165) is 19.3 Å². The predicted octanol–water partition coefficient (Wildman–Crippen LogP) is 2.90. The zero-order chi connectivity index (χ0) is 14.6. The Kier molecular flexibility index (Phi) is 5.61. The molecule has 3 nitrogen and oxygen atoms in total. The molecule has 0 aliphatic heterocycles. The van der Waals surface area contributed by atoms with Crippen molar-refractivity contribution >= 4 is 11.3 Å². The lowest BCUT2D eigenvalue weighted by molar-refractivity contribution is -0.0781. The van der Waals surface area contributed by atoms with Crippen LogP contribution in [0.15, 0.2) is 17.5 Å². The van der Waals surface area contributed by atoms with Gasteiger partial charge in [0.25, 0.3) is 0 Å². The van der Waals surface area contributed by atoms with Gasteiger partial charge in [-0.25, -0.2) is 0 Å². The molecule has 0 radical (unpaired) electrons. The van der Waals surface area contributed by atoms with E-state index in [4.69, 9.17) is 10.5 Å². The Morgan fingerprint density at radius 3 is 2.95 bits per heavy atom. The third-order valence-electron chi connectivity index (χ3n) is 5.00. The second kappa shape index (κ2) is 7.03. The van der Waals surface area contributed by atoms with Crippen molar-refractivity contribution in [1.29, 1.82) is 0 Å². The van der Waals surface area contributed by atoms with E-state index < -0.39 is 0 Å². The summed E-state index contributed by atoms with van der Waals surface area (Å²) < 4.78 is 5.79.